The molecule has 7 nitrogen and oxygen atoms in total. The van der Waals surface area contributed by atoms with Crippen molar-refractivity contribution in [3.8, 4) is 11.8 Å². The fourth-order valence-corrected chi connectivity index (χ4v) is 2.38. The van der Waals surface area contributed by atoms with Gasteiger partial charge in [-0.15, -0.1) is 0 Å². The Morgan fingerprint density at radius 2 is 1.67 bits per heavy atom. The highest BCUT2D eigenvalue weighted by Gasteiger charge is 2.14. The van der Waals surface area contributed by atoms with Crippen LogP contribution in [-0.2, 0) is 0 Å². The molecule has 3 rings (SSSR count). The summed E-state index contributed by atoms with van der Waals surface area (Å²) >= 11 is 0. The molecule has 0 atom stereocenters. The van der Waals surface area contributed by atoms with Crippen LogP contribution in [0.5, 0.6) is 11.8 Å². The van der Waals surface area contributed by atoms with Crippen LogP contribution in [0.3, 0.4) is 0 Å². The molecule has 2 aromatic carbocycles. The number of fused-ring (bicyclic) bond motifs is 1. The number of hydrogen-bond donors (Lipinski definition) is 1. The summed E-state index contributed by atoms with van der Waals surface area (Å²) in [5.41, 5.74) is 1.66. The summed E-state index contributed by atoms with van der Waals surface area (Å²) < 4.78 is 5.19. The Morgan fingerprint density at radius 3 is 2.33 bits per heavy atom. The second kappa shape index (κ2) is 6.69. The van der Waals surface area contributed by atoms with Crippen LogP contribution < -0.4 is 14.5 Å². The Morgan fingerprint density at radius 1 is 0.958 bits per heavy atom. The van der Waals surface area contributed by atoms with Gasteiger partial charge in [0.1, 0.15) is 11.6 Å². The number of hydroxylamine groups is 2. The summed E-state index contributed by atoms with van der Waals surface area (Å²) in [6, 6.07) is 15.3. The Hall–Kier alpha value is -2.90. The first-order valence-electron chi connectivity index (χ1n) is 7.33. The first-order chi connectivity index (χ1) is 11.6. The monoisotopic (exact) mass is 326 g/mol. The summed E-state index contributed by atoms with van der Waals surface area (Å²) in [6.45, 7) is 0. The minimum atomic E-state index is 0.0639. The van der Waals surface area contributed by atoms with E-state index in [0.29, 0.717) is 11.0 Å². The minimum Gasteiger partial charge on any atom is -0.497 e. The highest BCUT2D eigenvalue weighted by atomic mass is 16.9. The Kier molecular flexibility index (Phi) is 4.45. The van der Waals surface area contributed by atoms with Gasteiger partial charge in [0.25, 0.3) is 0 Å². The normalized spacial score (nSPS) is 10.9. The van der Waals surface area contributed by atoms with Gasteiger partial charge in [0.15, 0.2) is 0 Å². The van der Waals surface area contributed by atoms with E-state index in [9.17, 15) is 5.21 Å². The zero-order valence-electron chi connectivity index (χ0n) is 13.7. The van der Waals surface area contributed by atoms with Crippen molar-refractivity contribution in [2.75, 3.05) is 26.1 Å². The van der Waals surface area contributed by atoms with E-state index in [0.717, 1.165) is 22.3 Å². The Bertz CT molecular complexity index is 837. The highest BCUT2D eigenvalue weighted by Crippen LogP contribution is 2.31. The number of anilines is 2. The van der Waals surface area contributed by atoms with Gasteiger partial charge < -0.3 is 14.5 Å². The first kappa shape index (κ1) is 16.0. The molecular weight excluding hydrogens is 308 g/mol. The second-order valence-electron chi connectivity index (χ2n) is 5.16. The maximum atomic E-state index is 9.29. The molecule has 1 N–H and O–H groups in total. The van der Waals surface area contributed by atoms with Gasteiger partial charge in [0, 0.05) is 18.1 Å². The van der Waals surface area contributed by atoms with Crippen molar-refractivity contribution >= 4 is 22.4 Å². The molecule has 0 bridgehead atoms. The Labute approximate surface area is 139 Å². The summed E-state index contributed by atoms with van der Waals surface area (Å²) in [5.74, 6) is 1.45. The van der Waals surface area contributed by atoms with Crippen LogP contribution in [0, 0.1) is 0 Å². The van der Waals surface area contributed by atoms with E-state index in [4.69, 9.17) is 9.57 Å². The van der Waals surface area contributed by atoms with Crippen molar-refractivity contribution in [1.82, 2.24) is 15.2 Å². The summed E-state index contributed by atoms with van der Waals surface area (Å²) in [6.07, 6.45) is 0. The lowest BCUT2D eigenvalue weighted by atomic mass is 10.2. The van der Waals surface area contributed by atoms with Crippen molar-refractivity contribution in [3.63, 3.8) is 0 Å². The van der Waals surface area contributed by atoms with Crippen LogP contribution in [-0.4, -0.2) is 41.6 Å². The molecule has 0 aliphatic carbocycles. The maximum absolute atomic E-state index is 9.29. The first-order valence-corrected chi connectivity index (χ1v) is 7.33. The average Bonchev–Trinajstić information content (AvgIpc) is 2.60. The summed E-state index contributed by atoms with van der Waals surface area (Å²) in [4.78, 5) is 15.7. The molecule has 1 aromatic heterocycles. The minimum absolute atomic E-state index is 0.0639. The standard InChI is InChI=1S/C17H18N4O3/c1-20(12-8-10-13(23-3)11-9-12)16-14-6-4-5-7-15(14)18-17(19-16)24-21(2)22/h4-11,22H,1-3H3. The van der Waals surface area contributed by atoms with Gasteiger partial charge in [0.2, 0.25) is 0 Å². The lowest BCUT2D eigenvalue weighted by Crippen LogP contribution is -2.20. The number of nitrogens with zero attached hydrogens (tertiary/aromatic N) is 4. The topological polar surface area (TPSA) is 71.0 Å². The number of ether oxygens (including phenoxy) is 1. The third-order valence-electron chi connectivity index (χ3n) is 3.55. The van der Waals surface area contributed by atoms with Crippen LogP contribution in [0.2, 0.25) is 0 Å². The van der Waals surface area contributed by atoms with E-state index < -0.39 is 0 Å². The van der Waals surface area contributed by atoms with Crippen LogP contribution >= 0.6 is 0 Å². The molecule has 0 fully saturated rings. The van der Waals surface area contributed by atoms with Gasteiger partial charge in [-0.05, 0) is 41.6 Å². The zero-order chi connectivity index (χ0) is 17.1. The van der Waals surface area contributed by atoms with Gasteiger partial charge in [-0.25, -0.2) is 0 Å². The van der Waals surface area contributed by atoms with E-state index in [1.165, 1.54) is 7.05 Å². The van der Waals surface area contributed by atoms with Crippen LogP contribution in [0.4, 0.5) is 11.5 Å². The molecule has 0 unspecified atom stereocenters. The number of methoxy groups -OCH3 is 1. The summed E-state index contributed by atoms with van der Waals surface area (Å²) in [5, 5.41) is 10.7. The van der Waals surface area contributed by atoms with Crippen molar-refractivity contribution < 1.29 is 14.8 Å². The van der Waals surface area contributed by atoms with Gasteiger partial charge in [-0.1, -0.05) is 12.1 Å². The van der Waals surface area contributed by atoms with E-state index in [1.54, 1.807) is 7.11 Å². The number of rotatable bonds is 5. The van der Waals surface area contributed by atoms with E-state index in [-0.39, 0.29) is 6.01 Å². The zero-order valence-corrected chi connectivity index (χ0v) is 13.7. The number of hydrogen-bond acceptors (Lipinski definition) is 7. The fraction of sp³-hybridized carbons (Fsp3) is 0.176. The molecule has 0 aliphatic heterocycles. The van der Waals surface area contributed by atoms with Crippen molar-refractivity contribution in [3.05, 3.63) is 48.5 Å². The lowest BCUT2D eigenvalue weighted by Gasteiger charge is -2.21. The molecule has 0 radical (unpaired) electrons. The molecular formula is C17H18N4O3. The molecule has 3 aromatic rings. The molecule has 0 saturated heterocycles. The fourth-order valence-electron chi connectivity index (χ4n) is 2.38. The molecule has 24 heavy (non-hydrogen) atoms. The van der Waals surface area contributed by atoms with Gasteiger partial charge in [-0.3, -0.25) is 5.21 Å². The smallest absolute Gasteiger partial charge is 0.341 e. The molecule has 0 aliphatic rings. The van der Waals surface area contributed by atoms with Crippen molar-refractivity contribution in [2.24, 2.45) is 0 Å². The van der Waals surface area contributed by atoms with Gasteiger partial charge >= 0.3 is 6.01 Å². The second-order valence-corrected chi connectivity index (χ2v) is 5.16. The lowest BCUT2D eigenvalue weighted by molar-refractivity contribution is -0.266. The third kappa shape index (κ3) is 3.22. The molecule has 124 valence electrons. The third-order valence-corrected chi connectivity index (χ3v) is 3.55. The van der Waals surface area contributed by atoms with E-state index in [2.05, 4.69) is 9.97 Å². The molecule has 0 amide bonds. The molecule has 7 heteroatoms. The molecule has 1 heterocycles. The molecule has 0 saturated carbocycles. The highest BCUT2D eigenvalue weighted by molar-refractivity contribution is 5.91. The predicted octanol–water partition coefficient (Wildman–Crippen LogP) is 3.02. The predicted molar refractivity (Wildman–Crippen MR) is 90.8 cm³/mol. The quantitative estimate of drug-likeness (QED) is 0.723. The van der Waals surface area contributed by atoms with Gasteiger partial charge in [-0.2, -0.15) is 9.97 Å². The number of aromatic nitrogens is 2. The Balaban J connectivity index is 2.08. The number of para-hydroxylation sites is 1. The summed E-state index contributed by atoms with van der Waals surface area (Å²) in [7, 11) is 4.89. The van der Waals surface area contributed by atoms with Gasteiger partial charge in [0.05, 0.1) is 19.7 Å². The average molecular weight is 326 g/mol. The number of benzene rings is 2. The van der Waals surface area contributed by atoms with Crippen molar-refractivity contribution in [2.45, 2.75) is 0 Å². The largest absolute Gasteiger partial charge is 0.497 e. The maximum Gasteiger partial charge on any atom is 0.341 e. The van der Waals surface area contributed by atoms with E-state index in [1.807, 2.05) is 60.5 Å². The SMILES string of the molecule is COc1ccc(N(C)c2nc(ON(C)O)nc3ccccc23)cc1. The van der Waals surface area contributed by atoms with Crippen LogP contribution in [0.15, 0.2) is 48.5 Å². The van der Waals surface area contributed by atoms with Crippen LogP contribution in [0.1, 0.15) is 0 Å². The van der Waals surface area contributed by atoms with Crippen LogP contribution in [0.25, 0.3) is 10.9 Å². The molecule has 0 spiro atoms. The van der Waals surface area contributed by atoms with E-state index >= 15 is 0 Å². The van der Waals surface area contributed by atoms with Crippen molar-refractivity contribution in [1.29, 1.82) is 0 Å².